The van der Waals surface area contributed by atoms with Crippen LogP contribution in [0.15, 0.2) is 41.4 Å². The third-order valence-corrected chi connectivity index (χ3v) is 6.28. The molecule has 1 saturated heterocycles. The molecule has 8 heteroatoms. The lowest BCUT2D eigenvalue weighted by Gasteiger charge is -2.35. The molecule has 0 bridgehead atoms. The van der Waals surface area contributed by atoms with E-state index in [2.05, 4.69) is 4.99 Å². The van der Waals surface area contributed by atoms with Crippen molar-refractivity contribution in [1.29, 1.82) is 0 Å². The third-order valence-electron chi connectivity index (χ3n) is 6.28. The number of rotatable bonds is 4. The van der Waals surface area contributed by atoms with Crippen molar-refractivity contribution < 1.29 is 18.4 Å². The first kappa shape index (κ1) is 20.6. The van der Waals surface area contributed by atoms with Crippen molar-refractivity contribution >= 4 is 23.7 Å². The summed E-state index contributed by atoms with van der Waals surface area (Å²) in [7, 11) is 0. The van der Waals surface area contributed by atoms with Crippen LogP contribution in [0.1, 0.15) is 34.3 Å². The summed E-state index contributed by atoms with van der Waals surface area (Å²) in [5, 5.41) is 0. The maximum atomic E-state index is 14.6. The number of benzene rings is 2. The van der Waals surface area contributed by atoms with Crippen molar-refractivity contribution in [2.45, 2.75) is 19.4 Å². The molecule has 3 aliphatic rings. The number of halogens is 2. The molecule has 166 valence electrons. The minimum Gasteiger partial charge on any atom is -0.347 e. The lowest BCUT2D eigenvalue weighted by molar-refractivity contribution is -0.134. The summed E-state index contributed by atoms with van der Waals surface area (Å²) < 4.78 is 28.7. The first-order valence-corrected chi connectivity index (χ1v) is 10.9. The van der Waals surface area contributed by atoms with Crippen molar-refractivity contribution in [3.8, 4) is 0 Å². The molecule has 2 fully saturated rings. The fourth-order valence-corrected chi connectivity index (χ4v) is 4.32. The summed E-state index contributed by atoms with van der Waals surface area (Å²) in [5.74, 6) is -0.954. The predicted octanol–water partition coefficient (Wildman–Crippen LogP) is 3.06. The van der Waals surface area contributed by atoms with Crippen LogP contribution >= 0.6 is 0 Å². The van der Waals surface area contributed by atoms with Gasteiger partial charge in [-0.25, -0.2) is 8.78 Å². The number of carbonyl (C=O) groups excluding carboxylic acids is 2. The van der Waals surface area contributed by atoms with Gasteiger partial charge in [0.05, 0.1) is 16.8 Å². The van der Waals surface area contributed by atoms with E-state index in [0.29, 0.717) is 50.6 Å². The molecule has 0 radical (unpaired) electrons. The monoisotopic (exact) mass is 438 g/mol. The Hall–Kier alpha value is -3.29. The van der Waals surface area contributed by atoms with Crippen LogP contribution in [0, 0.1) is 17.6 Å². The molecule has 32 heavy (non-hydrogen) atoms. The fourth-order valence-electron chi connectivity index (χ4n) is 4.32. The average Bonchev–Trinajstić information content (AvgIpc) is 3.66. The van der Waals surface area contributed by atoms with Crippen LogP contribution in [-0.4, -0.2) is 60.7 Å². The second kappa shape index (κ2) is 8.33. The largest absolute Gasteiger partial charge is 0.347 e. The number of aliphatic imine (C=N–C) groups is 1. The van der Waals surface area contributed by atoms with Crippen LogP contribution in [0.4, 0.5) is 14.5 Å². The van der Waals surface area contributed by atoms with Crippen LogP contribution in [0.25, 0.3) is 0 Å². The molecular weight excluding hydrogens is 414 g/mol. The Bertz CT molecular complexity index is 1090. The van der Waals surface area contributed by atoms with E-state index in [1.54, 1.807) is 23.1 Å². The highest BCUT2D eigenvalue weighted by Gasteiger charge is 2.35. The zero-order valence-corrected chi connectivity index (χ0v) is 17.6. The summed E-state index contributed by atoms with van der Waals surface area (Å²) in [6.45, 7) is 2.49. The molecule has 5 rings (SSSR count). The van der Waals surface area contributed by atoms with Crippen LogP contribution in [-0.2, 0) is 11.3 Å². The molecule has 1 saturated carbocycles. The molecule has 2 heterocycles. The van der Waals surface area contributed by atoms with Crippen molar-refractivity contribution in [2.24, 2.45) is 10.9 Å². The predicted molar refractivity (Wildman–Crippen MR) is 117 cm³/mol. The average molecular weight is 438 g/mol. The quantitative estimate of drug-likeness (QED) is 0.737. The Morgan fingerprint density at radius 1 is 0.969 bits per heavy atom. The molecule has 2 aliphatic heterocycles. The number of amides is 2. The number of fused-ring (bicyclic) bond motifs is 1. The fraction of sp³-hybridized carbons (Fsp3) is 0.375. The van der Waals surface area contributed by atoms with Gasteiger partial charge in [0.15, 0.2) is 0 Å². The number of carbonyl (C=O) groups is 2. The first-order chi connectivity index (χ1) is 15.5. The molecule has 2 amide bonds. The molecular formula is C24H24F2N4O2. The molecule has 1 aliphatic carbocycles. The van der Waals surface area contributed by atoms with Crippen molar-refractivity contribution in [2.75, 3.05) is 37.7 Å². The van der Waals surface area contributed by atoms with E-state index in [0.717, 1.165) is 18.4 Å². The highest BCUT2D eigenvalue weighted by atomic mass is 19.1. The Labute approximate surface area is 185 Å². The number of nitrogens with zero attached hydrogens (tertiary/aromatic N) is 4. The van der Waals surface area contributed by atoms with Gasteiger partial charge >= 0.3 is 0 Å². The number of piperazine rings is 1. The van der Waals surface area contributed by atoms with E-state index in [1.165, 1.54) is 18.3 Å². The molecule has 2 aromatic carbocycles. The van der Waals surface area contributed by atoms with Crippen molar-refractivity contribution in [3.05, 3.63) is 64.7 Å². The van der Waals surface area contributed by atoms with Gasteiger partial charge in [0.25, 0.3) is 5.91 Å². The molecule has 0 N–H and O–H groups in total. The zero-order valence-electron chi connectivity index (χ0n) is 17.6. The minimum absolute atomic E-state index is 0.0180. The summed E-state index contributed by atoms with van der Waals surface area (Å²) in [6.07, 6.45) is 3.43. The second-order valence-corrected chi connectivity index (χ2v) is 8.53. The van der Waals surface area contributed by atoms with Crippen LogP contribution in [0.3, 0.4) is 0 Å². The van der Waals surface area contributed by atoms with Gasteiger partial charge < -0.3 is 14.7 Å². The number of anilines is 1. The SMILES string of the molecule is O=C(c1cc(CN2CN=Cc3c(F)cccc32)ccc1F)N1CCN(C(=O)C2CC2)CC1. The Morgan fingerprint density at radius 3 is 2.47 bits per heavy atom. The summed E-state index contributed by atoms with van der Waals surface area (Å²) in [4.78, 5) is 34.8. The van der Waals surface area contributed by atoms with Gasteiger partial charge in [0, 0.05) is 44.9 Å². The van der Waals surface area contributed by atoms with Crippen molar-refractivity contribution in [3.63, 3.8) is 0 Å². The Morgan fingerprint density at radius 2 is 1.72 bits per heavy atom. The lowest BCUT2D eigenvalue weighted by Crippen LogP contribution is -2.51. The van der Waals surface area contributed by atoms with E-state index >= 15 is 0 Å². The van der Waals surface area contributed by atoms with Gasteiger partial charge in [0.1, 0.15) is 18.3 Å². The van der Waals surface area contributed by atoms with Gasteiger partial charge in [-0.15, -0.1) is 0 Å². The smallest absolute Gasteiger partial charge is 0.256 e. The molecule has 0 atom stereocenters. The summed E-state index contributed by atoms with van der Waals surface area (Å²) in [5.41, 5.74) is 1.90. The molecule has 6 nitrogen and oxygen atoms in total. The second-order valence-electron chi connectivity index (χ2n) is 8.53. The maximum Gasteiger partial charge on any atom is 0.256 e. The van der Waals surface area contributed by atoms with Crippen LogP contribution in [0.5, 0.6) is 0 Å². The molecule has 0 spiro atoms. The molecule has 2 aromatic rings. The number of hydrogen-bond acceptors (Lipinski definition) is 4. The topological polar surface area (TPSA) is 56.2 Å². The Balaban J connectivity index is 1.29. The van der Waals surface area contributed by atoms with Gasteiger partial charge in [-0.1, -0.05) is 12.1 Å². The lowest BCUT2D eigenvalue weighted by atomic mass is 10.1. The van der Waals surface area contributed by atoms with Gasteiger partial charge in [-0.3, -0.25) is 14.6 Å². The normalized spacial score (nSPS) is 18.0. The first-order valence-electron chi connectivity index (χ1n) is 10.9. The zero-order chi connectivity index (χ0) is 22.2. The highest BCUT2D eigenvalue weighted by molar-refractivity contribution is 5.95. The third kappa shape index (κ3) is 3.97. The standard InChI is InChI=1S/C24H24F2N4O2/c25-20-2-1-3-22-19(20)13-27-15-30(22)14-16-4-7-21(26)18(12-16)24(32)29-10-8-28(9-11-29)23(31)17-5-6-17/h1-4,7,12-13,17H,5-6,8-11,14-15H2. The van der Waals surface area contributed by atoms with E-state index in [4.69, 9.17) is 0 Å². The van der Waals surface area contributed by atoms with E-state index in [1.807, 2.05) is 15.9 Å². The van der Waals surface area contributed by atoms with Crippen LogP contribution < -0.4 is 4.90 Å². The van der Waals surface area contributed by atoms with Gasteiger partial charge in [-0.05, 0) is 42.7 Å². The van der Waals surface area contributed by atoms with Gasteiger partial charge in [-0.2, -0.15) is 0 Å². The summed E-state index contributed by atoms with van der Waals surface area (Å²) >= 11 is 0. The van der Waals surface area contributed by atoms with E-state index in [-0.39, 0.29) is 29.1 Å². The Kier molecular flexibility index (Phi) is 5.36. The molecule has 0 aromatic heterocycles. The van der Waals surface area contributed by atoms with Crippen LogP contribution in [0.2, 0.25) is 0 Å². The molecule has 0 unspecified atom stereocenters. The summed E-state index contributed by atoms with van der Waals surface area (Å²) in [6, 6.07) is 9.36. The maximum absolute atomic E-state index is 14.6. The van der Waals surface area contributed by atoms with E-state index in [9.17, 15) is 18.4 Å². The number of hydrogen-bond donors (Lipinski definition) is 0. The highest BCUT2D eigenvalue weighted by Crippen LogP contribution is 2.31. The van der Waals surface area contributed by atoms with Gasteiger partial charge in [0.2, 0.25) is 5.91 Å². The minimum atomic E-state index is -0.571. The van der Waals surface area contributed by atoms with Crippen molar-refractivity contribution in [1.82, 2.24) is 9.80 Å². The van der Waals surface area contributed by atoms with E-state index < -0.39 is 5.82 Å².